The lowest BCUT2D eigenvalue weighted by Crippen LogP contribution is -2.30. The number of benzene rings is 2. The number of anilines is 1. The third-order valence-electron chi connectivity index (χ3n) is 3.38. The normalized spacial score (nSPS) is 11.6. The number of ether oxygens (including phenoxy) is 2. The first-order valence-electron chi connectivity index (χ1n) is 7.18. The Morgan fingerprint density at radius 2 is 1.68 bits per heavy atom. The molecule has 4 heteroatoms. The molecule has 2 aromatic carbocycles. The van der Waals surface area contributed by atoms with Gasteiger partial charge in [0.15, 0.2) is 6.10 Å². The van der Waals surface area contributed by atoms with Gasteiger partial charge >= 0.3 is 0 Å². The summed E-state index contributed by atoms with van der Waals surface area (Å²) in [5.41, 5.74) is 3.00. The predicted octanol–water partition coefficient (Wildman–Crippen LogP) is 3.72. The fourth-order valence-corrected chi connectivity index (χ4v) is 2.10. The van der Waals surface area contributed by atoms with Gasteiger partial charge in [0.25, 0.3) is 5.91 Å². The van der Waals surface area contributed by atoms with Crippen LogP contribution in [0.5, 0.6) is 11.5 Å². The molecule has 0 heterocycles. The number of carbonyl (C=O) groups excluding carboxylic acids is 1. The lowest BCUT2D eigenvalue weighted by Gasteiger charge is -2.16. The molecule has 0 spiro atoms. The second kappa shape index (κ2) is 6.98. The van der Waals surface area contributed by atoms with E-state index >= 15 is 0 Å². The fraction of sp³-hybridized carbons (Fsp3) is 0.278. The van der Waals surface area contributed by atoms with Gasteiger partial charge in [-0.1, -0.05) is 17.7 Å². The molecule has 0 fully saturated rings. The molecule has 0 saturated carbocycles. The molecule has 22 heavy (non-hydrogen) atoms. The third-order valence-corrected chi connectivity index (χ3v) is 3.38. The van der Waals surface area contributed by atoms with Gasteiger partial charge in [-0.3, -0.25) is 4.79 Å². The summed E-state index contributed by atoms with van der Waals surface area (Å²) in [6.07, 6.45) is -0.589. The Morgan fingerprint density at radius 1 is 1.05 bits per heavy atom. The maximum atomic E-state index is 12.2. The van der Waals surface area contributed by atoms with Crippen molar-refractivity contribution < 1.29 is 14.3 Å². The SMILES string of the molecule is COc1ccc(O[C@@H](C)C(=O)Nc2ccc(C)cc2C)cc1. The van der Waals surface area contributed by atoms with E-state index in [0.717, 1.165) is 22.6 Å². The zero-order valence-corrected chi connectivity index (χ0v) is 13.3. The number of amides is 1. The van der Waals surface area contributed by atoms with Crippen molar-refractivity contribution in [2.45, 2.75) is 26.9 Å². The minimum Gasteiger partial charge on any atom is -0.497 e. The second-order valence-corrected chi connectivity index (χ2v) is 5.24. The highest BCUT2D eigenvalue weighted by Crippen LogP contribution is 2.20. The standard InChI is InChI=1S/C18H21NO3/c1-12-5-10-17(13(2)11-12)19-18(20)14(3)22-16-8-6-15(21-4)7-9-16/h5-11,14H,1-4H3,(H,19,20)/t14-/m0/s1. The van der Waals surface area contributed by atoms with Crippen molar-refractivity contribution in [2.75, 3.05) is 12.4 Å². The highest BCUT2D eigenvalue weighted by molar-refractivity contribution is 5.94. The molecular formula is C18H21NO3. The molecule has 0 radical (unpaired) electrons. The molecule has 0 saturated heterocycles. The molecule has 0 aliphatic rings. The summed E-state index contributed by atoms with van der Waals surface area (Å²) in [6.45, 7) is 5.72. The first kappa shape index (κ1) is 15.9. The van der Waals surface area contributed by atoms with Gasteiger partial charge in [0.1, 0.15) is 11.5 Å². The van der Waals surface area contributed by atoms with Crippen molar-refractivity contribution in [2.24, 2.45) is 0 Å². The monoisotopic (exact) mass is 299 g/mol. The molecule has 0 bridgehead atoms. The van der Waals surface area contributed by atoms with Crippen LogP contribution in [0.3, 0.4) is 0 Å². The highest BCUT2D eigenvalue weighted by Gasteiger charge is 2.15. The number of rotatable bonds is 5. The van der Waals surface area contributed by atoms with Gasteiger partial charge < -0.3 is 14.8 Å². The van der Waals surface area contributed by atoms with E-state index in [1.54, 1.807) is 38.3 Å². The maximum absolute atomic E-state index is 12.2. The van der Waals surface area contributed by atoms with Crippen molar-refractivity contribution in [1.29, 1.82) is 0 Å². The van der Waals surface area contributed by atoms with Crippen LogP contribution in [0.25, 0.3) is 0 Å². The Kier molecular flexibility index (Phi) is 5.04. The number of hydrogen-bond donors (Lipinski definition) is 1. The van der Waals surface area contributed by atoms with Crippen LogP contribution in [-0.4, -0.2) is 19.1 Å². The van der Waals surface area contributed by atoms with Gasteiger partial charge in [-0.2, -0.15) is 0 Å². The molecule has 0 aromatic heterocycles. The van der Waals surface area contributed by atoms with Gasteiger partial charge in [-0.05, 0) is 56.7 Å². The Bertz CT molecular complexity index is 650. The predicted molar refractivity (Wildman–Crippen MR) is 87.6 cm³/mol. The van der Waals surface area contributed by atoms with Crippen molar-refractivity contribution in [3.63, 3.8) is 0 Å². The highest BCUT2D eigenvalue weighted by atomic mass is 16.5. The van der Waals surface area contributed by atoms with Crippen LogP contribution in [0.15, 0.2) is 42.5 Å². The van der Waals surface area contributed by atoms with Crippen molar-refractivity contribution >= 4 is 11.6 Å². The number of hydrogen-bond acceptors (Lipinski definition) is 3. The smallest absolute Gasteiger partial charge is 0.265 e. The largest absolute Gasteiger partial charge is 0.497 e. The molecule has 0 aliphatic heterocycles. The Morgan fingerprint density at radius 3 is 2.27 bits per heavy atom. The maximum Gasteiger partial charge on any atom is 0.265 e. The zero-order valence-electron chi connectivity index (χ0n) is 13.3. The molecule has 1 N–H and O–H groups in total. The minimum absolute atomic E-state index is 0.178. The van der Waals surface area contributed by atoms with E-state index in [4.69, 9.17) is 9.47 Å². The van der Waals surface area contributed by atoms with Crippen LogP contribution in [0.2, 0.25) is 0 Å². The number of carbonyl (C=O) groups is 1. The molecule has 2 rings (SSSR count). The molecule has 1 atom stereocenters. The number of methoxy groups -OCH3 is 1. The van der Waals surface area contributed by atoms with Crippen molar-refractivity contribution in [3.8, 4) is 11.5 Å². The van der Waals surface area contributed by atoms with Crippen molar-refractivity contribution in [3.05, 3.63) is 53.6 Å². The van der Waals surface area contributed by atoms with E-state index in [2.05, 4.69) is 5.32 Å². The Hall–Kier alpha value is -2.49. The zero-order chi connectivity index (χ0) is 16.1. The fourth-order valence-electron chi connectivity index (χ4n) is 2.10. The molecule has 116 valence electrons. The molecule has 2 aromatic rings. The Labute approximate surface area is 131 Å². The van der Waals surface area contributed by atoms with Crippen LogP contribution in [0, 0.1) is 13.8 Å². The summed E-state index contributed by atoms with van der Waals surface area (Å²) < 4.78 is 10.7. The molecule has 0 aliphatic carbocycles. The van der Waals surface area contributed by atoms with Crippen LogP contribution in [-0.2, 0) is 4.79 Å². The summed E-state index contributed by atoms with van der Waals surface area (Å²) in [5, 5.41) is 2.89. The van der Waals surface area contributed by atoms with E-state index in [1.807, 2.05) is 32.0 Å². The molecule has 0 unspecified atom stereocenters. The second-order valence-electron chi connectivity index (χ2n) is 5.24. The number of aryl methyl sites for hydroxylation is 2. The van der Waals surface area contributed by atoms with Crippen LogP contribution >= 0.6 is 0 Å². The van der Waals surface area contributed by atoms with E-state index in [9.17, 15) is 4.79 Å². The van der Waals surface area contributed by atoms with Gasteiger partial charge in [0.05, 0.1) is 7.11 Å². The average molecular weight is 299 g/mol. The topological polar surface area (TPSA) is 47.6 Å². The van der Waals surface area contributed by atoms with Crippen LogP contribution < -0.4 is 14.8 Å². The minimum atomic E-state index is -0.589. The van der Waals surface area contributed by atoms with Crippen LogP contribution in [0.4, 0.5) is 5.69 Å². The molecule has 1 amide bonds. The van der Waals surface area contributed by atoms with E-state index in [0.29, 0.717) is 5.75 Å². The summed E-state index contributed by atoms with van der Waals surface area (Å²) in [6, 6.07) is 13.1. The molecular weight excluding hydrogens is 278 g/mol. The first-order valence-corrected chi connectivity index (χ1v) is 7.18. The lowest BCUT2D eigenvalue weighted by molar-refractivity contribution is -0.122. The summed E-state index contributed by atoms with van der Waals surface area (Å²) in [4.78, 5) is 12.2. The van der Waals surface area contributed by atoms with Gasteiger partial charge in [0.2, 0.25) is 0 Å². The van der Waals surface area contributed by atoms with Crippen LogP contribution in [0.1, 0.15) is 18.1 Å². The quantitative estimate of drug-likeness (QED) is 0.915. The first-order chi connectivity index (χ1) is 10.5. The molecule has 4 nitrogen and oxygen atoms in total. The third kappa shape index (κ3) is 4.01. The van der Waals surface area contributed by atoms with Gasteiger partial charge in [-0.25, -0.2) is 0 Å². The summed E-state index contributed by atoms with van der Waals surface area (Å²) >= 11 is 0. The van der Waals surface area contributed by atoms with E-state index < -0.39 is 6.10 Å². The van der Waals surface area contributed by atoms with Crippen molar-refractivity contribution in [1.82, 2.24) is 0 Å². The Balaban J connectivity index is 1.99. The van der Waals surface area contributed by atoms with Gasteiger partial charge in [0, 0.05) is 5.69 Å². The van der Waals surface area contributed by atoms with E-state index in [1.165, 1.54) is 0 Å². The van der Waals surface area contributed by atoms with Gasteiger partial charge in [-0.15, -0.1) is 0 Å². The number of nitrogens with one attached hydrogen (secondary N) is 1. The summed E-state index contributed by atoms with van der Waals surface area (Å²) in [5.74, 6) is 1.20. The van der Waals surface area contributed by atoms with E-state index in [-0.39, 0.29) is 5.91 Å². The summed E-state index contributed by atoms with van der Waals surface area (Å²) in [7, 11) is 1.61. The average Bonchev–Trinajstić information content (AvgIpc) is 2.50. The lowest BCUT2D eigenvalue weighted by atomic mass is 10.1.